The van der Waals surface area contributed by atoms with Gasteiger partial charge in [0.05, 0.1) is 10.0 Å². The molecule has 0 spiro atoms. The molecule has 0 aliphatic heterocycles. The monoisotopic (exact) mass is 423 g/mol. The molecule has 3 nitrogen and oxygen atoms in total. The molecule has 0 saturated heterocycles. The molecule has 0 N–H and O–H groups in total. The first-order chi connectivity index (χ1) is 7.80. The van der Waals surface area contributed by atoms with E-state index in [-0.39, 0.29) is 14.9 Å². The van der Waals surface area contributed by atoms with Crippen molar-refractivity contribution in [1.29, 1.82) is 0 Å². The number of alkyl halides is 1. The van der Waals surface area contributed by atoms with E-state index in [9.17, 15) is 8.42 Å². The molecule has 1 aromatic carbocycles. The van der Waals surface area contributed by atoms with Crippen molar-refractivity contribution in [3.05, 3.63) is 26.7 Å². The summed E-state index contributed by atoms with van der Waals surface area (Å²) in [5, 5.41) is 0.741. The van der Waals surface area contributed by atoms with Crippen LogP contribution in [-0.2, 0) is 10.0 Å². The predicted octanol–water partition coefficient (Wildman–Crippen LogP) is 3.77. The van der Waals surface area contributed by atoms with Crippen molar-refractivity contribution in [3.63, 3.8) is 0 Å². The maximum Gasteiger partial charge on any atom is 0.245 e. The summed E-state index contributed by atoms with van der Waals surface area (Å²) < 4.78 is 26.2. The van der Waals surface area contributed by atoms with Crippen LogP contribution < -0.4 is 0 Å². The molecule has 0 saturated carbocycles. The molecule has 0 unspecified atom stereocenters. The fourth-order valence-corrected chi connectivity index (χ4v) is 4.98. The van der Waals surface area contributed by atoms with E-state index in [4.69, 9.17) is 23.2 Å². The van der Waals surface area contributed by atoms with Crippen molar-refractivity contribution >= 4 is 65.1 Å². The van der Waals surface area contributed by atoms with Crippen molar-refractivity contribution in [2.75, 3.05) is 18.9 Å². The molecule has 0 aliphatic carbocycles. The Morgan fingerprint density at radius 3 is 2.18 bits per heavy atom. The molecule has 0 aliphatic rings. The Bertz CT molecular complexity index is 499. The Balaban J connectivity index is 3.34. The van der Waals surface area contributed by atoms with E-state index in [1.165, 1.54) is 23.5 Å². The molecule has 0 heterocycles. The molecule has 17 heavy (non-hydrogen) atoms. The minimum absolute atomic E-state index is 0.0625. The van der Waals surface area contributed by atoms with Gasteiger partial charge in [-0.2, -0.15) is 4.31 Å². The fourth-order valence-electron chi connectivity index (χ4n) is 1.17. The molecule has 0 amide bonds. The van der Waals surface area contributed by atoms with Crippen molar-refractivity contribution in [3.8, 4) is 0 Å². The van der Waals surface area contributed by atoms with Crippen molar-refractivity contribution in [2.24, 2.45) is 0 Å². The summed E-state index contributed by atoms with van der Waals surface area (Å²) in [7, 11) is -2.18. The van der Waals surface area contributed by atoms with Crippen LogP contribution in [0.5, 0.6) is 0 Å². The summed E-state index contributed by atoms with van der Waals surface area (Å²) in [4.78, 5) is -0.0625. The molecule has 0 atom stereocenters. The van der Waals surface area contributed by atoms with Gasteiger partial charge in [0.15, 0.2) is 0 Å². The molecule has 0 fully saturated rings. The maximum absolute atomic E-state index is 12.2. The highest BCUT2D eigenvalue weighted by atomic mass is 79.9. The molecular weight excluding hydrogens is 417 g/mol. The highest BCUT2D eigenvalue weighted by molar-refractivity contribution is 9.10. The van der Waals surface area contributed by atoms with Gasteiger partial charge in [-0.3, -0.25) is 0 Å². The lowest BCUT2D eigenvalue weighted by molar-refractivity contribution is 0.489. The summed E-state index contributed by atoms with van der Waals surface area (Å²) in [6.45, 7) is 0.338. The second-order valence-electron chi connectivity index (χ2n) is 3.21. The molecule has 0 radical (unpaired) electrons. The standard InChI is InChI=1S/C9H9Br2Cl2NO2S/c1-14(3-2-10)17(15,16)9-7(12)4-6(11)5-8(9)13/h4-5H,2-3H2,1H3. The van der Waals surface area contributed by atoms with E-state index < -0.39 is 10.0 Å². The lowest BCUT2D eigenvalue weighted by atomic mass is 10.4. The van der Waals surface area contributed by atoms with Crippen LogP contribution >= 0.6 is 55.1 Å². The van der Waals surface area contributed by atoms with E-state index in [1.54, 1.807) is 0 Å². The number of sulfonamides is 1. The van der Waals surface area contributed by atoms with E-state index >= 15 is 0 Å². The van der Waals surface area contributed by atoms with Crippen molar-refractivity contribution < 1.29 is 8.42 Å². The van der Waals surface area contributed by atoms with Crippen LogP contribution in [0.4, 0.5) is 0 Å². The average Bonchev–Trinajstić information content (AvgIpc) is 2.15. The van der Waals surface area contributed by atoms with Crippen molar-refractivity contribution in [2.45, 2.75) is 4.90 Å². The van der Waals surface area contributed by atoms with Crippen LogP contribution in [0.2, 0.25) is 10.0 Å². The number of hydrogen-bond acceptors (Lipinski definition) is 2. The van der Waals surface area contributed by atoms with Gasteiger partial charge in [-0.25, -0.2) is 8.42 Å². The average molecular weight is 426 g/mol. The first-order valence-corrected chi connectivity index (χ1v) is 8.58. The number of hydrogen-bond donors (Lipinski definition) is 0. The van der Waals surface area contributed by atoms with Crippen LogP contribution in [0.15, 0.2) is 21.5 Å². The van der Waals surface area contributed by atoms with Gasteiger partial charge in [-0.05, 0) is 12.1 Å². The maximum atomic E-state index is 12.2. The van der Waals surface area contributed by atoms with Crippen LogP contribution in [0.3, 0.4) is 0 Å². The normalized spacial score (nSPS) is 12.1. The lowest BCUT2D eigenvalue weighted by Crippen LogP contribution is -2.29. The Labute approximate surface area is 127 Å². The molecule has 0 bridgehead atoms. The van der Waals surface area contributed by atoms with Gasteiger partial charge >= 0.3 is 0 Å². The van der Waals surface area contributed by atoms with Crippen LogP contribution in [0, 0.1) is 0 Å². The number of halogens is 4. The second-order valence-corrected chi connectivity index (χ2v) is 7.72. The van der Waals surface area contributed by atoms with Crippen molar-refractivity contribution in [1.82, 2.24) is 4.31 Å². The van der Waals surface area contributed by atoms with Gasteiger partial charge in [0, 0.05) is 23.4 Å². The zero-order valence-corrected chi connectivity index (χ0v) is 14.3. The Hall–Kier alpha value is 0.670. The molecule has 1 aromatic rings. The summed E-state index contributed by atoms with van der Waals surface area (Å²) in [5.74, 6) is 0. The minimum atomic E-state index is -3.66. The highest BCUT2D eigenvalue weighted by Gasteiger charge is 2.26. The van der Waals surface area contributed by atoms with Crippen LogP contribution in [0.25, 0.3) is 0 Å². The zero-order chi connectivity index (χ0) is 13.2. The van der Waals surface area contributed by atoms with E-state index in [0.29, 0.717) is 16.3 Å². The number of nitrogens with zero attached hydrogens (tertiary/aromatic N) is 1. The number of rotatable bonds is 4. The van der Waals surface area contributed by atoms with Gasteiger partial charge < -0.3 is 0 Å². The quantitative estimate of drug-likeness (QED) is 0.688. The summed E-state index contributed by atoms with van der Waals surface area (Å²) >= 11 is 18.2. The summed E-state index contributed by atoms with van der Waals surface area (Å²) in [6.07, 6.45) is 0. The SMILES string of the molecule is CN(CCBr)S(=O)(=O)c1c(Cl)cc(Br)cc1Cl. The third-order valence-electron chi connectivity index (χ3n) is 2.03. The van der Waals surface area contributed by atoms with E-state index in [1.807, 2.05) is 0 Å². The van der Waals surface area contributed by atoms with Crippen LogP contribution in [-0.4, -0.2) is 31.6 Å². The Kier molecular flexibility index (Phi) is 5.75. The van der Waals surface area contributed by atoms with E-state index in [2.05, 4.69) is 31.9 Å². The lowest BCUT2D eigenvalue weighted by Gasteiger charge is -2.17. The molecule has 0 aromatic heterocycles. The first kappa shape index (κ1) is 15.7. The topological polar surface area (TPSA) is 37.4 Å². The third-order valence-corrected chi connectivity index (χ3v) is 5.62. The fraction of sp³-hybridized carbons (Fsp3) is 0.333. The van der Waals surface area contributed by atoms with Gasteiger partial charge in [-0.15, -0.1) is 0 Å². The van der Waals surface area contributed by atoms with Gasteiger partial charge in [0.2, 0.25) is 10.0 Å². The zero-order valence-electron chi connectivity index (χ0n) is 8.75. The van der Waals surface area contributed by atoms with Gasteiger partial charge in [-0.1, -0.05) is 55.1 Å². The molecule has 1 rings (SSSR count). The Morgan fingerprint density at radius 2 is 1.76 bits per heavy atom. The number of benzene rings is 1. The summed E-state index contributed by atoms with van der Waals surface area (Å²) in [5.41, 5.74) is 0. The first-order valence-electron chi connectivity index (χ1n) is 4.47. The van der Waals surface area contributed by atoms with Crippen LogP contribution in [0.1, 0.15) is 0 Å². The largest absolute Gasteiger partial charge is 0.245 e. The molecule has 8 heteroatoms. The minimum Gasteiger partial charge on any atom is -0.207 e. The third kappa shape index (κ3) is 3.58. The summed E-state index contributed by atoms with van der Waals surface area (Å²) in [6, 6.07) is 3.00. The second kappa shape index (κ2) is 6.21. The Morgan fingerprint density at radius 1 is 1.29 bits per heavy atom. The van der Waals surface area contributed by atoms with E-state index in [0.717, 1.165) is 0 Å². The smallest absolute Gasteiger partial charge is 0.207 e. The predicted molar refractivity (Wildman–Crippen MR) is 77.8 cm³/mol. The highest BCUT2D eigenvalue weighted by Crippen LogP contribution is 2.34. The van der Waals surface area contributed by atoms with Gasteiger partial charge in [0.1, 0.15) is 4.90 Å². The van der Waals surface area contributed by atoms with Gasteiger partial charge in [0.25, 0.3) is 0 Å². The molecule has 96 valence electrons. The molecular formula is C9H9Br2Cl2NO2S.